The second kappa shape index (κ2) is 10.4. The van der Waals surface area contributed by atoms with Crippen molar-refractivity contribution in [1.82, 2.24) is 14.7 Å². The van der Waals surface area contributed by atoms with Crippen LogP contribution in [0, 0.1) is 5.95 Å². The first-order valence-corrected chi connectivity index (χ1v) is 13.8. The average molecular weight is 519 g/mol. The number of likely N-dealkylation sites (tertiary alicyclic amines) is 1. The normalized spacial score (nSPS) is 20.7. The largest absolute Gasteiger partial charge is 0.489 e. The van der Waals surface area contributed by atoms with Crippen LogP contribution in [-0.2, 0) is 13.0 Å². The summed E-state index contributed by atoms with van der Waals surface area (Å²) in [5.41, 5.74) is 3.89. The van der Waals surface area contributed by atoms with E-state index in [0.717, 1.165) is 57.3 Å². The van der Waals surface area contributed by atoms with Crippen LogP contribution in [0.2, 0.25) is 0 Å². The predicted molar refractivity (Wildman–Crippen MR) is 144 cm³/mol. The van der Waals surface area contributed by atoms with E-state index in [9.17, 15) is 9.90 Å². The van der Waals surface area contributed by atoms with E-state index >= 15 is 4.39 Å². The molecule has 2 fully saturated rings. The van der Waals surface area contributed by atoms with Crippen LogP contribution in [0.25, 0.3) is 11.1 Å². The van der Waals surface area contributed by atoms with Crippen molar-refractivity contribution in [3.05, 3.63) is 65.7 Å². The van der Waals surface area contributed by atoms with Crippen LogP contribution in [0.15, 0.2) is 48.7 Å². The van der Waals surface area contributed by atoms with Gasteiger partial charge in [0.25, 0.3) is 0 Å². The number of piperidine rings is 1. The summed E-state index contributed by atoms with van der Waals surface area (Å²) in [5.74, 6) is 0.283. The lowest BCUT2D eigenvalue weighted by Crippen LogP contribution is -2.41. The molecule has 0 unspecified atom stereocenters. The highest BCUT2D eigenvalue weighted by atomic mass is 19.1. The van der Waals surface area contributed by atoms with Crippen LogP contribution in [0.1, 0.15) is 62.6 Å². The fraction of sp³-hybridized carbons (Fsp3) is 0.467. The van der Waals surface area contributed by atoms with E-state index in [2.05, 4.69) is 34.3 Å². The molecule has 1 atom stereocenters. The molecule has 1 amide bonds. The van der Waals surface area contributed by atoms with Gasteiger partial charge in [-0.05, 0) is 69.6 Å². The van der Waals surface area contributed by atoms with Crippen molar-refractivity contribution in [2.45, 2.75) is 76.6 Å². The van der Waals surface area contributed by atoms with Gasteiger partial charge in [-0.2, -0.15) is 9.49 Å². The van der Waals surface area contributed by atoms with E-state index in [1.165, 1.54) is 10.5 Å². The molecule has 38 heavy (non-hydrogen) atoms. The number of carbonyl (C=O) groups is 1. The standard InChI is InChI=1S/C30H35FN4O3/c1-20-10-11-25-27(34(20)30(36)37)13-12-24(28(25)38-23-8-5-9-23)26-18-32-35(29(26)31)22-14-16-33(17-15-22)19-21-6-3-2-4-7-21/h2-4,6-7,12-13,18,20,22-23H,5,8-11,14-17,19H2,1H3,(H,36,37)/t20-/m0/s1. The lowest BCUT2D eigenvalue weighted by atomic mass is 9.91. The molecule has 7 nitrogen and oxygen atoms in total. The van der Waals surface area contributed by atoms with E-state index in [4.69, 9.17) is 4.74 Å². The van der Waals surface area contributed by atoms with E-state index in [1.54, 1.807) is 16.9 Å². The van der Waals surface area contributed by atoms with Crippen molar-refractivity contribution in [1.29, 1.82) is 0 Å². The molecule has 3 aromatic rings. The highest BCUT2D eigenvalue weighted by Gasteiger charge is 2.34. The summed E-state index contributed by atoms with van der Waals surface area (Å²) in [6, 6.07) is 13.9. The number of rotatable bonds is 6. The molecule has 0 spiro atoms. The first-order chi connectivity index (χ1) is 18.5. The SMILES string of the molecule is C[C@H]1CCc2c(ccc(-c3cnn(C4CCN(Cc5ccccc5)CC4)c3F)c2OC2CCC2)N1C(=O)O. The molecule has 3 aliphatic rings. The Hall–Kier alpha value is -3.39. The molecule has 200 valence electrons. The van der Waals surface area contributed by atoms with Crippen molar-refractivity contribution in [3.63, 3.8) is 0 Å². The first kappa shape index (κ1) is 24.9. The van der Waals surface area contributed by atoms with Gasteiger partial charge >= 0.3 is 6.09 Å². The number of anilines is 1. The molecule has 2 aromatic carbocycles. The number of carboxylic acid groups (broad SMARTS) is 1. The molecule has 2 aliphatic heterocycles. The molecular formula is C30H35FN4O3. The highest BCUT2D eigenvalue weighted by molar-refractivity contribution is 5.91. The third kappa shape index (κ3) is 4.66. The molecule has 1 aliphatic carbocycles. The number of hydrogen-bond acceptors (Lipinski definition) is 4. The molecule has 8 heteroatoms. The molecule has 1 saturated carbocycles. The Morgan fingerprint density at radius 3 is 2.50 bits per heavy atom. The maximum atomic E-state index is 16.0. The molecule has 1 saturated heterocycles. The Bertz CT molecular complexity index is 1300. The number of benzene rings is 2. The molecule has 0 bridgehead atoms. The summed E-state index contributed by atoms with van der Waals surface area (Å²) in [6.07, 6.45) is 6.85. The quantitative estimate of drug-likeness (QED) is 0.416. The lowest BCUT2D eigenvalue weighted by molar-refractivity contribution is 0.119. The Morgan fingerprint density at radius 2 is 1.82 bits per heavy atom. The van der Waals surface area contributed by atoms with E-state index < -0.39 is 6.09 Å². The summed E-state index contributed by atoms with van der Waals surface area (Å²) in [4.78, 5) is 15.9. The number of fused-ring (bicyclic) bond motifs is 1. The van der Waals surface area contributed by atoms with Gasteiger partial charge in [0.05, 0.1) is 29.6 Å². The van der Waals surface area contributed by atoms with Gasteiger partial charge in [0.1, 0.15) is 5.75 Å². The van der Waals surface area contributed by atoms with Crippen molar-refractivity contribution in [2.75, 3.05) is 18.0 Å². The highest BCUT2D eigenvalue weighted by Crippen LogP contribution is 2.45. The van der Waals surface area contributed by atoms with Crippen LogP contribution in [0.5, 0.6) is 5.75 Å². The van der Waals surface area contributed by atoms with Crippen LogP contribution in [0.4, 0.5) is 14.9 Å². The molecular weight excluding hydrogens is 483 g/mol. The van der Waals surface area contributed by atoms with Crippen LogP contribution in [-0.4, -0.2) is 51.1 Å². The zero-order valence-electron chi connectivity index (χ0n) is 21.9. The monoisotopic (exact) mass is 518 g/mol. The summed E-state index contributed by atoms with van der Waals surface area (Å²) >= 11 is 0. The molecule has 1 N–H and O–H groups in total. The number of ether oxygens (including phenoxy) is 1. The smallest absolute Gasteiger partial charge is 0.412 e. The van der Waals surface area contributed by atoms with E-state index in [-0.39, 0.29) is 24.1 Å². The summed E-state index contributed by atoms with van der Waals surface area (Å²) in [6.45, 7) is 4.62. The maximum absolute atomic E-state index is 16.0. The van der Waals surface area contributed by atoms with Gasteiger partial charge in [0.2, 0.25) is 5.95 Å². The van der Waals surface area contributed by atoms with Crippen molar-refractivity contribution in [2.24, 2.45) is 0 Å². The van der Waals surface area contributed by atoms with Crippen molar-refractivity contribution >= 4 is 11.8 Å². The third-order valence-electron chi connectivity index (χ3n) is 8.47. The zero-order valence-corrected chi connectivity index (χ0v) is 21.9. The number of amides is 1. The van der Waals surface area contributed by atoms with Crippen LogP contribution >= 0.6 is 0 Å². The van der Waals surface area contributed by atoms with E-state index in [1.807, 2.05) is 19.1 Å². The predicted octanol–water partition coefficient (Wildman–Crippen LogP) is 6.28. The van der Waals surface area contributed by atoms with Crippen molar-refractivity contribution in [3.8, 4) is 16.9 Å². The fourth-order valence-corrected chi connectivity index (χ4v) is 6.04. The Morgan fingerprint density at radius 1 is 1.05 bits per heavy atom. The van der Waals surface area contributed by atoms with Gasteiger partial charge < -0.3 is 9.84 Å². The van der Waals surface area contributed by atoms with Gasteiger partial charge in [-0.1, -0.05) is 30.3 Å². The number of nitrogens with zero attached hydrogens (tertiary/aromatic N) is 4. The molecule has 1 aromatic heterocycles. The van der Waals surface area contributed by atoms with E-state index in [0.29, 0.717) is 35.4 Å². The lowest BCUT2D eigenvalue weighted by Gasteiger charge is -2.36. The summed E-state index contributed by atoms with van der Waals surface area (Å²) in [7, 11) is 0. The average Bonchev–Trinajstić information content (AvgIpc) is 3.27. The topological polar surface area (TPSA) is 70.8 Å². The molecule has 6 rings (SSSR count). The van der Waals surface area contributed by atoms with Crippen molar-refractivity contribution < 1.29 is 19.0 Å². The van der Waals surface area contributed by atoms with Crippen LogP contribution < -0.4 is 9.64 Å². The summed E-state index contributed by atoms with van der Waals surface area (Å²) in [5, 5.41) is 14.4. The third-order valence-corrected chi connectivity index (χ3v) is 8.47. The summed E-state index contributed by atoms with van der Waals surface area (Å²) < 4.78 is 24.0. The number of halogens is 1. The Labute approximate surface area is 222 Å². The number of aromatic nitrogens is 2. The Balaban J connectivity index is 1.27. The number of hydrogen-bond donors (Lipinski definition) is 1. The van der Waals surface area contributed by atoms with Crippen LogP contribution in [0.3, 0.4) is 0 Å². The minimum absolute atomic E-state index is 0.00718. The molecule has 3 heterocycles. The van der Waals surface area contributed by atoms with Gasteiger partial charge in [0.15, 0.2) is 0 Å². The fourth-order valence-electron chi connectivity index (χ4n) is 6.04. The first-order valence-electron chi connectivity index (χ1n) is 13.8. The Kier molecular flexibility index (Phi) is 6.82. The van der Waals surface area contributed by atoms with Gasteiger partial charge in [-0.15, -0.1) is 0 Å². The minimum Gasteiger partial charge on any atom is -0.489 e. The molecule has 0 radical (unpaired) electrons. The second-order valence-electron chi connectivity index (χ2n) is 10.9. The zero-order chi connectivity index (χ0) is 26.2. The minimum atomic E-state index is -0.974. The maximum Gasteiger partial charge on any atom is 0.412 e. The van der Waals surface area contributed by atoms with Gasteiger partial charge in [0, 0.05) is 36.8 Å². The van der Waals surface area contributed by atoms with Gasteiger partial charge in [-0.25, -0.2) is 9.48 Å². The van der Waals surface area contributed by atoms with Gasteiger partial charge in [-0.3, -0.25) is 9.80 Å². The second-order valence-corrected chi connectivity index (χ2v) is 10.9.